The number of nitrogens with zero attached hydrogens (tertiary/aromatic N) is 5. The number of aromatic nitrogens is 4. The minimum atomic E-state index is -0.339. The van der Waals surface area contributed by atoms with Gasteiger partial charge in [0.25, 0.3) is 5.91 Å². The number of halogens is 1. The molecule has 146 valence electrons. The standard InChI is InChI=1S/C22H14FN5OS/c23-15-5-7-18-20(12-15)30-22(27-18)28(13-16-3-1-2-8-24-16)21(29)14-4-6-17-19(11-14)26-10-9-25-17/h1-12H,13H2. The smallest absolute Gasteiger partial charge is 0.260 e. The molecule has 0 N–H and O–H groups in total. The van der Waals surface area contributed by atoms with Gasteiger partial charge in [0, 0.05) is 24.2 Å². The van der Waals surface area contributed by atoms with Crippen molar-refractivity contribution in [2.24, 2.45) is 0 Å². The Hall–Kier alpha value is -3.78. The van der Waals surface area contributed by atoms with E-state index in [-0.39, 0.29) is 18.3 Å². The van der Waals surface area contributed by atoms with Crippen molar-refractivity contribution in [3.05, 3.63) is 90.3 Å². The summed E-state index contributed by atoms with van der Waals surface area (Å²) in [4.78, 5) is 32.5. The maximum absolute atomic E-state index is 13.6. The quantitative estimate of drug-likeness (QED) is 0.428. The van der Waals surface area contributed by atoms with Gasteiger partial charge in [-0.2, -0.15) is 0 Å². The molecule has 2 aromatic carbocycles. The average Bonchev–Trinajstić information content (AvgIpc) is 3.20. The molecule has 30 heavy (non-hydrogen) atoms. The fraction of sp³-hybridized carbons (Fsp3) is 0.0455. The maximum atomic E-state index is 13.6. The monoisotopic (exact) mass is 415 g/mol. The molecule has 0 spiro atoms. The minimum absolute atomic E-state index is 0.237. The first kappa shape index (κ1) is 18.3. The minimum Gasteiger partial charge on any atom is -0.278 e. The second-order valence-electron chi connectivity index (χ2n) is 6.58. The van der Waals surface area contributed by atoms with E-state index in [0.29, 0.717) is 31.9 Å². The number of carbonyl (C=O) groups is 1. The van der Waals surface area contributed by atoms with Crippen LogP contribution in [0.5, 0.6) is 0 Å². The molecule has 5 rings (SSSR count). The largest absolute Gasteiger partial charge is 0.278 e. The molecule has 5 aromatic rings. The highest BCUT2D eigenvalue weighted by Gasteiger charge is 2.23. The van der Waals surface area contributed by atoms with Gasteiger partial charge in [-0.3, -0.25) is 24.6 Å². The maximum Gasteiger partial charge on any atom is 0.260 e. The molecule has 0 atom stereocenters. The molecular weight excluding hydrogens is 401 g/mol. The molecule has 3 heterocycles. The zero-order chi connectivity index (χ0) is 20.5. The Labute approximate surface area is 174 Å². The SMILES string of the molecule is O=C(c1ccc2nccnc2c1)N(Cc1ccccn1)c1nc2ccc(F)cc2s1. The summed E-state index contributed by atoms with van der Waals surface area (Å²) in [5.74, 6) is -0.582. The van der Waals surface area contributed by atoms with Gasteiger partial charge in [-0.15, -0.1) is 0 Å². The van der Waals surface area contributed by atoms with E-state index in [1.807, 2.05) is 18.2 Å². The van der Waals surface area contributed by atoms with E-state index >= 15 is 0 Å². The molecule has 0 bridgehead atoms. The van der Waals surface area contributed by atoms with Crippen LogP contribution in [0.3, 0.4) is 0 Å². The van der Waals surface area contributed by atoms with Gasteiger partial charge in [-0.25, -0.2) is 9.37 Å². The van der Waals surface area contributed by atoms with Gasteiger partial charge in [0.05, 0.1) is 33.5 Å². The predicted molar refractivity (Wildman–Crippen MR) is 114 cm³/mol. The van der Waals surface area contributed by atoms with E-state index in [9.17, 15) is 9.18 Å². The van der Waals surface area contributed by atoms with Crippen molar-refractivity contribution in [2.45, 2.75) is 6.54 Å². The fourth-order valence-electron chi connectivity index (χ4n) is 3.13. The Morgan fingerprint density at radius 2 is 1.73 bits per heavy atom. The number of fused-ring (bicyclic) bond motifs is 2. The molecule has 0 aliphatic carbocycles. The number of anilines is 1. The van der Waals surface area contributed by atoms with E-state index < -0.39 is 0 Å². The average molecular weight is 415 g/mol. The number of rotatable bonds is 4. The Balaban J connectivity index is 1.59. The van der Waals surface area contributed by atoms with Crippen molar-refractivity contribution in [1.29, 1.82) is 0 Å². The molecule has 6 nitrogen and oxygen atoms in total. The van der Waals surface area contributed by atoms with E-state index in [4.69, 9.17) is 0 Å². The summed E-state index contributed by atoms with van der Waals surface area (Å²) in [5.41, 5.74) is 3.16. The number of hydrogen-bond acceptors (Lipinski definition) is 6. The van der Waals surface area contributed by atoms with Crippen molar-refractivity contribution in [1.82, 2.24) is 19.9 Å². The van der Waals surface area contributed by atoms with Crippen LogP contribution in [-0.4, -0.2) is 25.8 Å². The third kappa shape index (κ3) is 3.48. The van der Waals surface area contributed by atoms with E-state index in [1.165, 1.54) is 23.5 Å². The van der Waals surface area contributed by atoms with Crippen LogP contribution in [0.2, 0.25) is 0 Å². The number of thiazole rings is 1. The van der Waals surface area contributed by atoms with Crippen LogP contribution < -0.4 is 4.90 Å². The van der Waals surface area contributed by atoms with E-state index in [2.05, 4.69) is 19.9 Å². The van der Waals surface area contributed by atoms with Crippen molar-refractivity contribution in [2.75, 3.05) is 4.90 Å². The van der Waals surface area contributed by atoms with Gasteiger partial charge in [-0.1, -0.05) is 17.4 Å². The van der Waals surface area contributed by atoms with Crippen molar-refractivity contribution in [3.63, 3.8) is 0 Å². The third-order valence-electron chi connectivity index (χ3n) is 4.58. The van der Waals surface area contributed by atoms with Crippen molar-refractivity contribution < 1.29 is 9.18 Å². The molecule has 1 amide bonds. The highest BCUT2D eigenvalue weighted by Crippen LogP contribution is 2.31. The molecule has 0 radical (unpaired) electrons. The number of amides is 1. The summed E-state index contributed by atoms with van der Waals surface area (Å²) in [6, 6.07) is 15.1. The van der Waals surface area contributed by atoms with Gasteiger partial charge in [0.15, 0.2) is 5.13 Å². The normalized spacial score (nSPS) is 11.1. The van der Waals surface area contributed by atoms with Gasteiger partial charge in [0.2, 0.25) is 0 Å². The number of carbonyl (C=O) groups excluding carboxylic acids is 1. The summed E-state index contributed by atoms with van der Waals surface area (Å²) >= 11 is 1.26. The van der Waals surface area contributed by atoms with Crippen LogP contribution in [0.1, 0.15) is 16.1 Å². The van der Waals surface area contributed by atoms with Crippen LogP contribution in [-0.2, 0) is 6.54 Å². The summed E-state index contributed by atoms with van der Waals surface area (Å²) < 4.78 is 14.3. The molecule has 0 fully saturated rings. The molecule has 0 aliphatic rings. The van der Waals surface area contributed by atoms with Gasteiger partial charge < -0.3 is 0 Å². The Morgan fingerprint density at radius 3 is 2.57 bits per heavy atom. The molecule has 0 aliphatic heterocycles. The fourth-order valence-corrected chi connectivity index (χ4v) is 4.12. The first-order valence-electron chi connectivity index (χ1n) is 9.16. The summed E-state index contributed by atoms with van der Waals surface area (Å²) in [6.45, 7) is 0.237. The predicted octanol–water partition coefficient (Wildman–Crippen LogP) is 4.62. The molecule has 0 unspecified atom stereocenters. The van der Waals surface area contributed by atoms with Crippen LogP contribution in [0.4, 0.5) is 9.52 Å². The zero-order valence-corrected chi connectivity index (χ0v) is 16.4. The van der Waals surface area contributed by atoms with Gasteiger partial charge >= 0.3 is 0 Å². The molecule has 8 heteroatoms. The van der Waals surface area contributed by atoms with Crippen LogP contribution >= 0.6 is 11.3 Å². The van der Waals surface area contributed by atoms with E-state index in [0.717, 1.165) is 5.69 Å². The van der Waals surface area contributed by atoms with Crippen LogP contribution in [0, 0.1) is 5.82 Å². The lowest BCUT2D eigenvalue weighted by atomic mass is 10.1. The lowest BCUT2D eigenvalue weighted by molar-refractivity contribution is 0.0985. The zero-order valence-electron chi connectivity index (χ0n) is 15.6. The van der Waals surface area contributed by atoms with Gasteiger partial charge in [-0.05, 0) is 48.5 Å². The second-order valence-corrected chi connectivity index (χ2v) is 7.59. The lowest BCUT2D eigenvalue weighted by Crippen LogP contribution is -2.30. The molecule has 0 saturated heterocycles. The topological polar surface area (TPSA) is 71.9 Å². The summed E-state index contributed by atoms with van der Waals surface area (Å²) in [7, 11) is 0. The van der Waals surface area contributed by atoms with Gasteiger partial charge in [0.1, 0.15) is 5.82 Å². The lowest BCUT2D eigenvalue weighted by Gasteiger charge is -2.19. The Kier molecular flexibility index (Phi) is 4.61. The highest BCUT2D eigenvalue weighted by molar-refractivity contribution is 7.22. The van der Waals surface area contributed by atoms with Crippen LogP contribution in [0.15, 0.2) is 73.2 Å². The summed E-state index contributed by atoms with van der Waals surface area (Å²) in [5, 5.41) is 0.477. The molecular formula is C22H14FN5OS. The van der Waals surface area contributed by atoms with E-state index in [1.54, 1.807) is 47.8 Å². The van der Waals surface area contributed by atoms with Crippen molar-refractivity contribution >= 4 is 43.6 Å². The molecule has 3 aromatic heterocycles. The Morgan fingerprint density at radius 1 is 0.900 bits per heavy atom. The highest BCUT2D eigenvalue weighted by atomic mass is 32.1. The number of hydrogen-bond donors (Lipinski definition) is 0. The third-order valence-corrected chi connectivity index (χ3v) is 5.62. The molecule has 0 saturated carbocycles. The second kappa shape index (κ2) is 7.57. The number of pyridine rings is 1. The Bertz CT molecular complexity index is 1370. The first-order chi connectivity index (χ1) is 14.7. The number of benzene rings is 2. The summed E-state index contributed by atoms with van der Waals surface area (Å²) in [6.07, 6.45) is 4.87. The first-order valence-corrected chi connectivity index (χ1v) is 9.98. The van der Waals surface area contributed by atoms with Crippen molar-refractivity contribution in [3.8, 4) is 0 Å². The van der Waals surface area contributed by atoms with Crippen LogP contribution in [0.25, 0.3) is 21.3 Å².